The third kappa shape index (κ3) is 2.99. The van der Waals surface area contributed by atoms with E-state index in [1.54, 1.807) is 6.92 Å². The Hall–Kier alpha value is -0.0800. The van der Waals surface area contributed by atoms with Gasteiger partial charge in [0.1, 0.15) is 0 Å². The summed E-state index contributed by atoms with van der Waals surface area (Å²) < 4.78 is 0. The second kappa shape index (κ2) is 3.87. The van der Waals surface area contributed by atoms with Gasteiger partial charge in [-0.2, -0.15) is 0 Å². The van der Waals surface area contributed by atoms with E-state index in [0.29, 0.717) is 6.42 Å². The zero-order valence-corrected chi connectivity index (χ0v) is 5.46. The van der Waals surface area contributed by atoms with Gasteiger partial charge in [0.05, 0.1) is 6.10 Å². The lowest BCUT2D eigenvalue weighted by Crippen LogP contribution is -2.13. The summed E-state index contributed by atoms with van der Waals surface area (Å²) in [4.78, 5) is 0. The fourth-order valence-electron chi connectivity index (χ4n) is 0.445. The van der Waals surface area contributed by atoms with Crippen LogP contribution in [0.4, 0.5) is 0 Å². The molecule has 8 heavy (non-hydrogen) atoms. The van der Waals surface area contributed by atoms with Crippen molar-refractivity contribution in [1.82, 2.24) is 0 Å². The molecule has 0 rings (SSSR count). The molecule has 0 aliphatic rings. The van der Waals surface area contributed by atoms with Crippen LogP contribution in [0.2, 0.25) is 0 Å². The minimum absolute atomic E-state index is 0.173. The van der Waals surface area contributed by atoms with Crippen molar-refractivity contribution in [2.75, 3.05) is 6.61 Å². The summed E-state index contributed by atoms with van der Waals surface area (Å²) in [6.07, 6.45) is 0.402. The molecule has 0 saturated carbocycles. The largest absolute Gasteiger partial charge is 0.396 e. The number of aliphatic hydroxyl groups excluding tert-OH is 2. The normalized spacial score (nSPS) is 18.0. The highest BCUT2D eigenvalue weighted by Crippen LogP contribution is 2.05. The summed E-state index contributed by atoms with van der Waals surface area (Å²) in [5.74, 6) is 0.222. The molecular weight excluding hydrogens is 104 g/mol. The van der Waals surface area contributed by atoms with Crippen molar-refractivity contribution >= 4 is 0 Å². The second-order valence-corrected chi connectivity index (χ2v) is 2.23. The van der Waals surface area contributed by atoms with E-state index in [1.165, 1.54) is 0 Å². The van der Waals surface area contributed by atoms with Crippen molar-refractivity contribution in [2.45, 2.75) is 26.4 Å². The van der Waals surface area contributed by atoms with E-state index in [1.807, 2.05) is 6.92 Å². The van der Waals surface area contributed by atoms with Crippen LogP contribution in [-0.2, 0) is 0 Å². The highest BCUT2D eigenvalue weighted by molar-refractivity contribution is 4.56. The van der Waals surface area contributed by atoms with Crippen molar-refractivity contribution in [2.24, 2.45) is 5.92 Å². The Balaban J connectivity index is 3.17. The Morgan fingerprint density at radius 2 is 1.88 bits per heavy atom. The summed E-state index contributed by atoms with van der Waals surface area (Å²) >= 11 is 0. The smallest absolute Gasteiger partial charge is 0.0538 e. The number of aliphatic hydroxyl groups is 2. The Bertz CT molecular complexity index is 52.5. The molecule has 0 saturated heterocycles. The number of rotatable bonds is 3. The molecular formula is C6H14O2. The first-order valence-electron chi connectivity index (χ1n) is 2.97. The third-order valence-corrected chi connectivity index (χ3v) is 1.41. The van der Waals surface area contributed by atoms with Crippen LogP contribution < -0.4 is 0 Å². The van der Waals surface area contributed by atoms with Crippen molar-refractivity contribution in [3.8, 4) is 0 Å². The molecule has 0 unspecified atom stereocenters. The van der Waals surface area contributed by atoms with Crippen LogP contribution in [0.25, 0.3) is 0 Å². The molecule has 50 valence electrons. The lowest BCUT2D eigenvalue weighted by molar-refractivity contribution is 0.115. The van der Waals surface area contributed by atoms with Crippen LogP contribution in [0.15, 0.2) is 0 Å². The number of hydrogen-bond acceptors (Lipinski definition) is 2. The molecule has 0 spiro atoms. The van der Waals surface area contributed by atoms with E-state index in [2.05, 4.69) is 0 Å². The minimum Gasteiger partial charge on any atom is -0.396 e. The predicted octanol–water partition coefficient (Wildman–Crippen LogP) is 0.386. The highest BCUT2D eigenvalue weighted by atomic mass is 16.3. The van der Waals surface area contributed by atoms with Gasteiger partial charge in [0.15, 0.2) is 0 Å². The zero-order chi connectivity index (χ0) is 6.57. The Labute approximate surface area is 50.2 Å². The maximum atomic E-state index is 8.84. The van der Waals surface area contributed by atoms with Crippen LogP contribution in [0.3, 0.4) is 0 Å². The standard InChI is InChI=1S/C6H14O2/c1-5(3-4-7)6(2)8/h5-8H,3-4H2,1-2H3/t5-,6-/m1/s1. The molecule has 0 aromatic carbocycles. The van der Waals surface area contributed by atoms with E-state index in [-0.39, 0.29) is 18.6 Å². The Morgan fingerprint density at radius 3 is 2.00 bits per heavy atom. The van der Waals surface area contributed by atoms with Crippen LogP contribution >= 0.6 is 0 Å². The first-order valence-corrected chi connectivity index (χ1v) is 2.97. The quantitative estimate of drug-likeness (QED) is 0.562. The van der Waals surface area contributed by atoms with Gasteiger partial charge >= 0.3 is 0 Å². The molecule has 0 amide bonds. The van der Waals surface area contributed by atoms with E-state index >= 15 is 0 Å². The van der Waals surface area contributed by atoms with Crippen LogP contribution in [0.1, 0.15) is 20.3 Å². The maximum Gasteiger partial charge on any atom is 0.0538 e. The molecule has 2 nitrogen and oxygen atoms in total. The van der Waals surface area contributed by atoms with Gasteiger partial charge in [0.2, 0.25) is 0 Å². The Kier molecular flexibility index (Phi) is 3.83. The SMILES string of the molecule is C[C@H](CCO)[C@@H](C)O. The molecule has 0 aromatic rings. The topological polar surface area (TPSA) is 40.5 Å². The lowest BCUT2D eigenvalue weighted by Gasteiger charge is -2.11. The monoisotopic (exact) mass is 118 g/mol. The van der Waals surface area contributed by atoms with Crippen LogP contribution in [0.5, 0.6) is 0 Å². The molecule has 0 radical (unpaired) electrons. The van der Waals surface area contributed by atoms with Crippen molar-refractivity contribution in [3.63, 3.8) is 0 Å². The summed E-state index contributed by atoms with van der Waals surface area (Å²) in [5, 5.41) is 17.2. The first-order chi connectivity index (χ1) is 3.68. The fraction of sp³-hybridized carbons (Fsp3) is 1.00. The van der Waals surface area contributed by atoms with Gasteiger partial charge in [0, 0.05) is 6.61 Å². The van der Waals surface area contributed by atoms with Gasteiger partial charge in [-0.25, -0.2) is 0 Å². The highest BCUT2D eigenvalue weighted by Gasteiger charge is 2.05. The summed E-state index contributed by atoms with van der Waals surface area (Å²) in [7, 11) is 0. The predicted molar refractivity (Wildman–Crippen MR) is 32.5 cm³/mol. The summed E-state index contributed by atoms with van der Waals surface area (Å²) in [5.41, 5.74) is 0. The van der Waals surface area contributed by atoms with Gasteiger partial charge in [-0.05, 0) is 19.3 Å². The molecule has 0 aliphatic heterocycles. The average Bonchev–Trinajstić information content (AvgIpc) is 1.67. The van der Waals surface area contributed by atoms with Crippen molar-refractivity contribution in [3.05, 3.63) is 0 Å². The zero-order valence-electron chi connectivity index (χ0n) is 5.46. The molecule has 2 atom stereocenters. The van der Waals surface area contributed by atoms with E-state index in [4.69, 9.17) is 10.2 Å². The maximum absolute atomic E-state index is 8.84. The molecule has 0 aliphatic carbocycles. The van der Waals surface area contributed by atoms with Crippen molar-refractivity contribution < 1.29 is 10.2 Å². The molecule has 0 fully saturated rings. The summed E-state index contributed by atoms with van der Waals surface area (Å²) in [6, 6.07) is 0. The fourth-order valence-corrected chi connectivity index (χ4v) is 0.445. The second-order valence-electron chi connectivity index (χ2n) is 2.23. The van der Waals surface area contributed by atoms with Gasteiger partial charge < -0.3 is 10.2 Å². The van der Waals surface area contributed by atoms with Gasteiger partial charge in [-0.3, -0.25) is 0 Å². The molecule has 0 bridgehead atoms. The van der Waals surface area contributed by atoms with Crippen LogP contribution in [0, 0.1) is 5.92 Å². The Morgan fingerprint density at radius 1 is 1.38 bits per heavy atom. The van der Waals surface area contributed by atoms with Crippen molar-refractivity contribution in [1.29, 1.82) is 0 Å². The average molecular weight is 118 g/mol. The van der Waals surface area contributed by atoms with Gasteiger partial charge in [-0.15, -0.1) is 0 Å². The van der Waals surface area contributed by atoms with Gasteiger partial charge in [-0.1, -0.05) is 6.92 Å². The van der Waals surface area contributed by atoms with E-state index in [9.17, 15) is 0 Å². The minimum atomic E-state index is -0.290. The molecule has 0 aromatic heterocycles. The molecule has 2 heteroatoms. The molecule has 0 heterocycles. The van der Waals surface area contributed by atoms with E-state index < -0.39 is 0 Å². The molecule has 2 N–H and O–H groups in total. The number of hydrogen-bond donors (Lipinski definition) is 2. The third-order valence-electron chi connectivity index (χ3n) is 1.41. The van der Waals surface area contributed by atoms with Gasteiger partial charge in [0.25, 0.3) is 0 Å². The van der Waals surface area contributed by atoms with E-state index in [0.717, 1.165) is 0 Å². The summed E-state index contributed by atoms with van der Waals surface area (Å²) in [6.45, 7) is 3.83. The lowest BCUT2D eigenvalue weighted by atomic mass is 10.0. The van der Waals surface area contributed by atoms with Crippen LogP contribution in [-0.4, -0.2) is 22.9 Å². The first kappa shape index (κ1) is 7.92.